The van der Waals surface area contributed by atoms with Crippen LogP contribution in [0.2, 0.25) is 0 Å². The molecule has 1 aromatic rings. The highest BCUT2D eigenvalue weighted by Gasteiger charge is 2.42. The van der Waals surface area contributed by atoms with Gasteiger partial charge in [0.1, 0.15) is 11.9 Å². The molecule has 0 radical (unpaired) electrons. The van der Waals surface area contributed by atoms with Crippen molar-refractivity contribution in [3.63, 3.8) is 0 Å². The molecule has 20 heavy (non-hydrogen) atoms. The molecule has 4 unspecified atom stereocenters. The van der Waals surface area contributed by atoms with E-state index in [1.54, 1.807) is 0 Å². The standard InChI is InChI=1S/C16H20BrNO2/c17-12-2-4-16-11(5-12)6-13(20-16)8-18-7-10-1-3-15(19)14(10)9-18/h2,4-5,10,13-15,19H,1,3,6-9H2. The van der Waals surface area contributed by atoms with E-state index >= 15 is 0 Å². The molecule has 3 nitrogen and oxygen atoms in total. The lowest BCUT2D eigenvalue weighted by Gasteiger charge is -2.21. The smallest absolute Gasteiger partial charge is 0.123 e. The predicted octanol–water partition coefficient (Wildman–Crippen LogP) is 2.46. The molecule has 1 aliphatic carbocycles. The molecule has 0 bridgehead atoms. The third-order valence-corrected chi connectivity index (χ3v) is 5.61. The zero-order valence-corrected chi connectivity index (χ0v) is 13.1. The van der Waals surface area contributed by atoms with Crippen LogP contribution in [-0.2, 0) is 6.42 Å². The van der Waals surface area contributed by atoms with Gasteiger partial charge >= 0.3 is 0 Å². The molecule has 1 N–H and O–H groups in total. The SMILES string of the molecule is OC1CCC2CN(CC3Cc4cc(Br)ccc4O3)CC12. The van der Waals surface area contributed by atoms with Gasteiger partial charge in [0.05, 0.1) is 6.10 Å². The molecular weight excluding hydrogens is 318 g/mol. The van der Waals surface area contributed by atoms with E-state index in [2.05, 4.69) is 33.0 Å². The Balaban J connectivity index is 1.38. The minimum atomic E-state index is -0.0670. The van der Waals surface area contributed by atoms with E-state index in [1.165, 1.54) is 12.0 Å². The molecule has 1 saturated carbocycles. The number of rotatable bonds is 2. The van der Waals surface area contributed by atoms with Crippen LogP contribution < -0.4 is 4.74 Å². The van der Waals surface area contributed by atoms with Crippen LogP contribution in [-0.4, -0.2) is 41.8 Å². The maximum Gasteiger partial charge on any atom is 0.123 e. The number of ether oxygens (including phenoxy) is 1. The number of likely N-dealkylation sites (tertiary alicyclic amines) is 1. The van der Waals surface area contributed by atoms with E-state index in [-0.39, 0.29) is 12.2 Å². The summed E-state index contributed by atoms with van der Waals surface area (Å²) in [6.07, 6.45) is 3.41. The van der Waals surface area contributed by atoms with E-state index in [4.69, 9.17) is 4.74 Å². The summed E-state index contributed by atoms with van der Waals surface area (Å²) in [5.41, 5.74) is 1.31. The van der Waals surface area contributed by atoms with Crippen molar-refractivity contribution in [2.75, 3.05) is 19.6 Å². The molecule has 1 aromatic carbocycles. The molecule has 3 aliphatic rings. The highest BCUT2D eigenvalue weighted by atomic mass is 79.9. The Bertz CT molecular complexity index is 521. The lowest BCUT2D eigenvalue weighted by molar-refractivity contribution is 0.114. The van der Waals surface area contributed by atoms with Crippen molar-refractivity contribution >= 4 is 15.9 Å². The first kappa shape index (κ1) is 13.1. The second-order valence-electron chi connectivity index (χ2n) is 6.48. The Hall–Kier alpha value is -0.580. The molecule has 2 fully saturated rings. The average Bonchev–Trinajstić information content (AvgIpc) is 3.06. The van der Waals surface area contributed by atoms with Gasteiger partial charge in [-0.05, 0) is 42.5 Å². The maximum absolute atomic E-state index is 9.99. The summed E-state index contributed by atoms with van der Waals surface area (Å²) in [5, 5.41) is 9.99. The first-order chi connectivity index (χ1) is 9.69. The van der Waals surface area contributed by atoms with Gasteiger partial charge in [0.2, 0.25) is 0 Å². The van der Waals surface area contributed by atoms with Crippen molar-refractivity contribution in [2.24, 2.45) is 11.8 Å². The van der Waals surface area contributed by atoms with Gasteiger partial charge in [0, 0.05) is 36.4 Å². The Labute approximate surface area is 128 Å². The summed E-state index contributed by atoms with van der Waals surface area (Å²) in [6, 6.07) is 6.26. The topological polar surface area (TPSA) is 32.7 Å². The number of benzene rings is 1. The number of aliphatic hydroxyl groups excluding tert-OH is 1. The fourth-order valence-electron chi connectivity index (χ4n) is 4.16. The van der Waals surface area contributed by atoms with E-state index in [1.807, 2.05) is 6.07 Å². The van der Waals surface area contributed by atoms with Crippen molar-refractivity contribution in [1.29, 1.82) is 0 Å². The summed E-state index contributed by atoms with van der Waals surface area (Å²) >= 11 is 3.52. The van der Waals surface area contributed by atoms with Crippen molar-refractivity contribution < 1.29 is 9.84 Å². The fourth-order valence-corrected chi connectivity index (χ4v) is 4.57. The third kappa shape index (κ3) is 2.28. The molecule has 108 valence electrons. The molecule has 4 atom stereocenters. The van der Waals surface area contributed by atoms with Gasteiger partial charge < -0.3 is 9.84 Å². The lowest BCUT2D eigenvalue weighted by Crippen LogP contribution is -2.34. The molecule has 0 aromatic heterocycles. The van der Waals surface area contributed by atoms with Crippen LogP contribution in [0.15, 0.2) is 22.7 Å². The molecule has 0 spiro atoms. The molecule has 0 amide bonds. The fraction of sp³-hybridized carbons (Fsp3) is 0.625. The van der Waals surface area contributed by atoms with E-state index in [0.717, 1.165) is 42.7 Å². The van der Waals surface area contributed by atoms with E-state index in [0.29, 0.717) is 11.8 Å². The van der Waals surface area contributed by atoms with Crippen molar-refractivity contribution in [3.8, 4) is 5.75 Å². The molecule has 2 heterocycles. The molecular formula is C16H20BrNO2. The summed E-state index contributed by atoms with van der Waals surface area (Å²) in [4.78, 5) is 2.49. The molecule has 1 saturated heterocycles. The van der Waals surface area contributed by atoms with Gasteiger partial charge in [-0.3, -0.25) is 4.90 Å². The van der Waals surface area contributed by atoms with Crippen LogP contribution in [0, 0.1) is 11.8 Å². The second kappa shape index (κ2) is 5.00. The van der Waals surface area contributed by atoms with Crippen LogP contribution >= 0.6 is 15.9 Å². The number of aliphatic hydroxyl groups is 1. The highest BCUT2D eigenvalue weighted by Crippen LogP contribution is 2.39. The van der Waals surface area contributed by atoms with Crippen molar-refractivity contribution in [2.45, 2.75) is 31.5 Å². The number of hydrogen-bond donors (Lipinski definition) is 1. The summed E-state index contributed by atoms with van der Waals surface area (Å²) in [6.45, 7) is 3.18. The van der Waals surface area contributed by atoms with E-state index in [9.17, 15) is 5.11 Å². The van der Waals surface area contributed by atoms with E-state index < -0.39 is 0 Å². The highest BCUT2D eigenvalue weighted by molar-refractivity contribution is 9.10. The molecule has 4 rings (SSSR count). The van der Waals surface area contributed by atoms with Gasteiger partial charge in [-0.25, -0.2) is 0 Å². The van der Waals surface area contributed by atoms with Gasteiger partial charge in [-0.2, -0.15) is 0 Å². The van der Waals surface area contributed by atoms with Gasteiger partial charge in [0.15, 0.2) is 0 Å². The number of halogens is 1. The largest absolute Gasteiger partial charge is 0.488 e. The van der Waals surface area contributed by atoms with Crippen LogP contribution in [0.1, 0.15) is 18.4 Å². The van der Waals surface area contributed by atoms with Crippen LogP contribution in [0.3, 0.4) is 0 Å². The van der Waals surface area contributed by atoms with Gasteiger partial charge in [0.25, 0.3) is 0 Å². The van der Waals surface area contributed by atoms with Crippen molar-refractivity contribution in [3.05, 3.63) is 28.2 Å². The number of hydrogen-bond acceptors (Lipinski definition) is 3. The monoisotopic (exact) mass is 337 g/mol. The minimum absolute atomic E-state index is 0.0670. The quantitative estimate of drug-likeness (QED) is 0.899. The average molecular weight is 338 g/mol. The zero-order valence-electron chi connectivity index (χ0n) is 11.5. The molecule has 4 heteroatoms. The number of nitrogens with zero attached hydrogens (tertiary/aromatic N) is 1. The normalized spacial score (nSPS) is 35.9. The predicted molar refractivity (Wildman–Crippen MR) is 80.9 cm³/mol. The lowest BCUT2D eigenvalue weighted by atomic mass is 10.00. The van der Waals surface area contributed by atoms with Crippen LogP contribution in [0.4, 0.5) is 0 Å². The minimum Gasteiger partial charge on any atom is -0.488 e. The summed E-state index contributed by atoms with van der Waals surface area (Å²) < 4.78 is 7.17. The summed E-state index contributed by atoms with van der Waals surface area (Å²) in [7, 11) is 0. The molecule has 2 aliphatic heterocycles. The van der Waals surface area contributed by atoms with Gasteiger partial charge in [-0.15, -0.1) is 0 Å². The third-order valence-electron chi connectivity index (χ3n) is 5.12. The Morgan fingerprint density at radius 2 is 2.20 bits per heavy atom. The Morgan fingerprint density at radius 1 is 1.30 bits per heavy atom. The first-order valence-electron chi connectivity index (χ1n) is 7.54. The Morgan fingerprint density at radius 3 is 3.05 bits per heavy atom. The first-order valence-corrected chi connectivity index (χ1v) is 8.34. The van der Waals surface area contributed by atoms with Crippen molar-refractivity contribution in [1.82, 2.24) is 4.90 Å². The summed E-state index contributed by atoms with van der Waals surface area (Å²) in [5.74, 6) is 2.26. The van der Waals surface area contributed by atoms with Crippen LogP contribution in [0.5, 0.6) is 5.75 Å². The van der Waals surface area contributed by atoms with Crippen LogP contribution in [0.25, 0.3) is 0 Å². The number of fused-ring (bicyclic) bond motifs is 2. The maximum atomic E-state index is 9.99. The second-order valence-corrected chi connectivity index (χ2v) is 7.40. The van der Waals surface area contributed by atoms with Gasteiger partial charge in [-0.1, -0.05) is 15.9 Å². The Kier molecular flexibility index (Phi) is 3.28. The zero-order chi connectivity index (χ0) is 13.7.